The zero-order valence-electron chi connectivity index (χ0n) is 16.6. The van der Waals surface area contributed by atoms with Gasteiger partial charge in [0.2, 0.25) is 0 Å². The summed E-state index contributed by atoms with van der Waals surface area (Å²) < 4.78 is 11.5. The number of morpholine rings is 1. The molecule has 6 nitrogen and oxygen atoms in total. The molecule has 1 fully saturated rings. The van der Waals surface area contributed by atoms with Gasteiger partial charge in [0.1, 0.15) is 11.3 Å². The maximum atomic E-state index is 5.96. The second kappa shape index (κ2) is 10.3. The first-order chi connectivity index (χ1) is 12.6. The predicted octanol–water partition coefficient (Wildman–Crippen LogP) is 3.13. The Kier molecular flexibility index (Phi) is 8.37. The zero-order valence-corrected chi connectivity index (χ0v) is 18.9. The molecule has 7 heteroatoms. The molecule has 2 atom stereocenters. The van der Waals surface area contributed by atoms with Crippen molar-refractivity contribution in [2.75, 3.05) is 33.4 Å². The molecule has 0 aliphatic carbocycles. The van der Waals surface area contributed by atoms with E-state index >= 15 is 0 Å². The number of aryl methyl sites for hydroxylation is 1. The van der Waals surface area contributed by atoms with E-state index in [1.165, 1.54) is 10.9 Å². The Morgan fingerprint density at radius 1 is 1.33 bits per heavy atom. The maximum absolute atomic E-state index is 5.96. The van der Waals surface area contributed by atoms with Crippen LogP contribution < -0.4 is 10.6 Å². The number of fused-ring (bicyclic) bond motifs is 1. The van der Waals surface area contributed by atoms with Crippen LogP contribution in [-0.2, 0) is 11.3 Å². The Morgan fingerprint density at radius 3 is 2.81 bits per heavy atom. The van der Waals surface area contributed by atoms with E-state index in [-0.39, 0.29) is 24.0 Å². The molecule has 1 aliphatic rings. The molecule has 2 heterocycles. The van der Waals surface area contributed by atoms with Gasteiger partial charge in [-0.1, -0.05) is 18.2 Å². The van der Waals surface area contributed by atoms with Gasteiger partial charge in [-0.05, 0) is 26.8 Å². The summed E-state index contributed by atoms with van der Waals surface area (Å²) in [5.74, 6) is 1.74. The van der Waals surface area contributed by atoms with E-state index in [0.717, 1.165) is 43.6 Å². The van der Waals surface area contributed by atoms with Gasteiger partial charge < -0.3 is 19.8 Å². The van der Waals surface area contributed by atoms with Crippen molar-refractivity contribution in [1.82, 2.24) is 15.5 Å². The van der Waals surface area contributed by atoms with Gasteiger partial charge in [0.25, 0.3) is 0 Å². The summed E-state index contributed by atoms with van der Waals surface area (Å²) in [7, 11) is 1.79. The molecule has 1 aliphatic heterocycles. The molecule has 1 aromatic heterocycles. The van der Waals surface area contributed by atoms with E-state index in [1.54, 1.807) is 7.05 Å². The highest BCUT2D eigenvalue weighted by Gasteiger charge is 2.23. The lowest BCUT2D eigenvalue weighted by atomic mass is 10.1. The summed E-state index contributed by atoms with van der Waals surface area (Å²) in [6.45, 7) is 10.6. The molecule has 1 saturated heterocycles. The summed E-state index contributed by atoms with van der Waals surface area (Å²) in [6.07, 6.45) is 0. The minimum Gasteiger partial charge on any atom is -0.459 e. The number of ether oxygens (including phenoxy) is 1. The van der Waals surface area contributed by atoms with E-state index in [1.807, 2.05) is 18.2 Å². The predicted molar refractivity (Wildman–Crippen MR) is 121 cm³/mol. The Morgan fingerprint density at radius 2 is 2.11 bits per heavy atom. The van der Waals surface area contributed by atoms with E-state index in [9.17, 15) is 0 Å². The third-order valence-corrected chi connectivity index (χ3v) is 5.13. The second-order valence-electron chi connectivity index (χ2n) is 6.96. The smallest absolute Gasteiger partial charge is 0.191 e. The fourth-order valence-electron chi connectivity index (χ4n) is 3.53. The standard InChI is InChI=1S/C20H30N4O2.HI/c1-14(24-9-10-25-13-15(24)2)11-22-20(21-4)23-12-19-16(3)17-7-5-6-8-18(17)26-19;/h5-8,14-15H,9-13H2,1-4H3,(H2,21,22,23);1H. The van der Waals surface area contributed by atoms with Gasteiger partial charge in [0.15, 0.2) is 5.96 Å². The number of guanidine groups is 1. The van der Waals surface area contributed by atoms with E-state index in [4.69, 9.17) is 9.15 Å². The Balaban J connectivity index is 0.00000261. The number of benzene rings is 1. The number of nitrogens with one attached hydrogen (secondary N) is 2. The topological polar surface area (TPSA) is 62.0 Å². The molecule has 0 spiro atoms. The van der Waals surface area contributed by atoms with Gasteiger partial charge in [-0.2, -0.15) is 0 Å². The number of furan rings is 1. The molecule has 0 saturated carbocycles. The number of hydrogen-bond acceptors (Lipinski definition) is 4. The average Bonchev–Trinajstić information content (AvgIpc) is 2.98. The van der Waals surface area contributed by atoms with Crippen LogP contribution in [-0.4, -0.2) is 56.3 Å². The number of aliphatic imine (C=N–C) groups is 1. The van der Waals surface area contributed by atoms with Crippen LogP contribution in [0.25, 0.3) is 11.0 Å². The highest BCUT2D eigenvalue weighted by molar-refractivity contribution is 14.0. The quantitative estimate of drug-likeness (QED) is 0.387. The van der Waals surface area contributed by atoms with Crippen LogP contribution in [0.3, 0.4) is 0 Å². The molecule has 3 rings (SSSR count). The molecule has 2 unspecified atom stereocenters. The van der Waals surface area contributed by atoms with Gasteiger partial charge in [-0.3, -0.25) is 9.89 Å². The second-order valence-corrected chi connectivity index (χ2v) is 6.96. The summed E-state index contributed by atoms with van der Waals surface area (Å²) in [6, 6.07) is 9.00. The summed E-state index contributed by atoms with van der Waals surface area (Å²) >= 11 is 0. The average molecular weight is 486 g/mol. The Bertz CT molecular complexity index is 762. The minimum absolute atomic E-state index is 0. The van der Waals surface area contributed by atoms with Crippen molar-refractivity contribution in [3.05, 3.63) is 35.6 Å². The highest BCUT2D eigenvalue weighted by Crippen LogP contribution is 2.24. The lowest BCUT2D eigenvalue weighted by Crippen LogP contribution is -2.52. The number of hydrogen-bond donors (Lipinski definition) is 2. The van der Waals surface area contributed by atoms with Gasteiger partial charge in [0.05, 0.1) is 19.8 Å². The van der Waals surface area contributed by atoms with Crippen LogP contribution >= 0.6 is 24.0 Å². The maximum Gasteiger partial charge on any atom is 0.191 e. The molecular weight excluding hydrogens is 455 g/mol. The lowest BCUT2D eigenvalue weighted by Gasteiger charge is -2.38. The molecule has 2 N–H and O–H groups in total. The summed E-state index contributed by atoms with van der Waals surface area (Å²) in [5, 5.41) is 7.95. The van der Waals surface area contributed by atoms with Crippen LogP contribution in [0, 0.1) is 6.92 Å². The Labute approximate surface area is 178 Å². The fourth-order valence-corrected chi connectivity index (χ4v) is 3.53. The molecular formula is C20H31IN4O2. The third kappa shape index (κ3) is 5.36. The van der Waals surface area contributed by atoms with Gasteiger partial charge in [0, 0.05) is 43.2 Å². The number of nitrogens with zero attached hydrogens (tertiary/aromatic N) is 2. The van der Waals surface area contributed by atoms with Crippen LogP contribution in [0.4, 0.5) is 0 Å². The van der Waals surface area contributed by atoms with Crippen molar-refractivity contribution < 1.29 is 9.15 Å². The van der Waals surface area contributed by atoms with Crippen LogP contribution in [0.5, 0.6) is 0 Å². The first-order valence-electron chi connectivity index (χ1n) is 9.35. The molecule has 0 amide bonds. The van der Waals surface area contributed by atoms with Crippen LogP contribution in [0.15, 0.2) is 33.7 Å². The summed E-state index contributed by atoms with van der Waals surface area (Å²) in [4.78, 5) is 6.81. The van der Waals surface area contributed by atoms with Gasteiger partial charge in [-0.25, -0.2) is 0 Å². The fraction of sp³-hybridized carbons (Fsp3) is 0.550. The normalized spacial score (nSPS) is 19.6. The minimum atomic E-state index is 0. The summed E-state index contributed by atoms with van der Waals surface area (Å²) in [5.41, 5.74) is 2.11. The number of rotatable bonds is 5. The third-order valence-electron chi connectivity index (χ3n) is 5.13. The molecule has 2 aromatic rings. The molecule has 1 aromatic carbocycles. The van der Waals surface area contributed by atoms with Crippen molar-refractivity contribution in [3.8, 4) is 0 Å². The van der Waals surface area contributed by atoms with E-state index < -0.39 is 0 Å². The van der Waals surface area contributed by atoms with Gasteiger partial charge >= 0.3 is 0 Å². The Hall–Kier alpha value is -1.32. The first-order valence-corrected chi connectivity index (χ1v) is 9.35. The van der Waals surface area contributed by atoms with Crippen molar-refractivity contribution in [2.24, 2.45) is 4.99 Å². The highest BCUT2D eigenvalue weighted by atomic mass is 127. The molecule has 150 valence electrons. The zero-order chi connectivity index (χ0) is 18.5. The molecule has 0 bridgehead atoms. The lowest BCUT2D eigenvalue weighted by molar-refractivity contribution is -0.0174. The van der Waals surface area contributed by atoms with Crippen LogP contribution in [0.2, 0.25) is 0 Å². The first kappa shape index (κ1) is 22.0. The molecule has 0 radical (unpaired) electrons. The van der Waals surface area contributed by atoms with E-state index in [0.29, 0.717) is 18.6 Å². The molecule has 27 heavy (non-hydrogen) atoms. The van der Waals surface area contributed by atoms with Crippen molar-refractivity contribution in [2.45, 2.75) is 39.4 Å². The van der Waals surface area contributed by atoms with Crippen LogP contribution in [0.1, 0.15) is 25.2 Å². The van der Waals surface area contributed by atoms with Gasteiger partial charge in [-0.15, -0.1) is 24.0 Å². The van der Waals surface area contributed by atoms with E-state index in [2.05, 4.69) is 47.4 Å². The monoisotopic (exact) mass is 486 g/mol. The number of halogens is 1. The van der Waals surface area contributed by atoms with Crippen molar-refractivity contribution in [3.63, 3.8) is 0 Å². The number of para-hydroxylation sites is 1. The van der Waals surface area contributed by atoms with Crippen molar-refractivity contribution >= 4 is 40.9 Å². The SMILES string of the molecule is CN=C(NCc1oc2ccccc2c1C)NCC(C)N1CCOCC1C.I. The van der Waals surface area contributed by atoms with Crippen molar-refractivity contribution in [1.29, 1.82) is 0 Å². The largest absolute Gasteiger partial charge is 0.459 e.